The molecular formula is C27H31N3O6. The molecule has 1 aliphatic carbocycles. The average Bonchev–Trinajstić information content (AvgIpc) is 3.20. The summed E-state index contributed by atoms with van der Waals surface area (Å²) in [6.07, 6.45) is 5.16. The molecule has 1 saturated carbocycles. The van der Waals surface area contributed by atoms with Gasteiger partial charge in [-0.15, -0.1) is 0 Å². The van der Waals surface area contributed by atoms with E-state index in [1.165, 1.54) is 5.56 Å². The van der Waals surface area contributed by atoms with Crippen LogP contribution in [0.3, 0.4) is 0 Å². The Morgan fingerprint density at radius 3 is 2.56 bits per heavy atom. The average molecular weight is 494 g/mol. The van der Waals surface area contributed by atoms with Crippen LogP contribution in [0.5, 0.6) is 0 Å². The molecule has 2 heterocycles. The SMILES string of the molecule is O=C1CCC(N2Cc3cc(NC4CCCC[C@@H]4OCc4ccccc4)ccc3C2=O)C(=O)N1.O=CO. The highest BCUT2D eigenvalue weighted by Gasteiger charge is 2.39. The Balaban J connectivity index is 0.000000967. The number of rotatable bonds is 6. The predicted molar refractivity (Wildman–Crippen MR) is 132 cm³/mol. The fraction of sp³-hybridized carbons (Fsp3) is 0.407. The van der Waals surface area contributed by atoms with Gasteiger partial charge in [0.05, 0.1) is 18.8 Å². The number of carboxylic acid groups (broad SMARTS) is 1. The maximum Gasteiger partial charge on any atom is 0.290 e. The molecule has 3 aliphatic rings. The third-order valence-corrected chi connectivity index (χ3v) is 6.89. The standard InChI is InChI=1S/C26H29N3O4.CH2O2/c30-24-13-12-22(25(31)28-24)29-15-18-14-19(10-11-20(18)26(29)32)27-21-8-4-5-9-23(21)33-16-17-6-2-1-3-7-17;2-1-3/h1-3,6-7,10-11,14,21-23,27H,4-5,8-9,12-13,15-16H2,(H,28,30,31);1H,(H,2,3)/t21?,22?,23-;/m0./s1. The van der Waals surface area contributed by atoms with E-state index in [4.69, 9.17) is 14.6 Å². The number of anilines is 1. The van der Waals surface area contributed by atoms with E-state index in [-0.39, 0.29) is 42.8 Å². The Kier molecular flexibility index (Phi) is 8.32. The zero-order chi connectivity index (χ0) is 25.5. The van der Waals surface area contributed by atoms with Gasteiger partial charge in [0.1, 0.15) is 6.04 Å². The summed E-state index contributed by atoms with van der Waals surface area (Å²) in [5.41, 5.74) is 3.68. The number of nitrogens with zero attached hydrogens (tertiary/aromatic N) is 1. The summed E-state index contributed by atoms with van der Waals surface area (Å²) in [7, 11) is 0. The monoisotopic (exact) mass is 493 g/mol. The van der Waals surface area contributed by atoms with Crippen LogP contribution in [-0.4, -0.2) is 52.4 Å². The van der Waals surface area contributed by atoms with E-state index >= 15 is 0 Å². The van der Waals surface area contributed by atoms with Crippen molar-refractivity contribution in [1.29, 1.82) is 0 Å². The number of nitrogens with one attached hydrogen (secondary N) is 2. The Hall–Kier alpha value is -3.72. The topological polar surface area (TPSA) is 125 Å². The quantitative estimate of drug-likeness (QED) is 0.417. The molecule has 2 aromatic rings. The zero-order valence-corrected chi connectivity index (χ0v) is 20.0. The first-order valence-corrected chi connectivity index (χ1v) is 12.3. The van der Waals surface area contributed by atoms with Crippen LogP contribution >= 0.6 is 0 Å². The number of hydrogen-bond acceptors (Lipinski definition) is 6. The van der Waals surface area contributed by atoms with Gasteiger partial charge in [0, 0.05) is 24.2 Å². The number of hydrogen-bond donors (Lipinski definition) is 3. The number of carbonyl (C=O) groups excluding carboxylic acids is 3. The molecular weight excluding hydrogens is 462 g/mol. The van der Waals surface area contributed by atoms with Gasteiger partial charge in [-0.2, -0.15) is 0 Å². The Bertz CT molecular complexity index is 1110. The van der Waals surface area contributed by atoms with Crippen molar-refractivity contribution in [3.8, 4) is 0 Å². The van der Waals surface area contributed by atoms with Crippen molar-refractivity contribution in [1.82, 2.24) is 10.2 Å². The third kappa shape index (κ3) is 5.91. The molecule has 2 fully saturated rings. The molecule has 3 amide bonds. The van der Waals surface area contributed by atoms with E-state index in [9.17, 15) is 14.4 Å². The maximum atomic E-state index is 12.9. The van der Waals surface area contributed by atoms with Crippen LogP contribution in [0.4, 0.5) is 5.69 Å². The first-order chi connectivity index (χ1) is 17.5. The van der Waals surface area contributed by atoms with E-state index in [1.807, 2.05) is 36.4 Å². The van der Waals surface area contributed by atoms with Gasteiger partial charge in [-0.1, -0.05) is 43.2 Å². The van der Waals surface area contributed by atoms with Crippen molar-refractivity contribution >= 4 is 29.9 Å². The summed E-state index contributed by atoms with van der Waals surface area (Å²) in [6.45, 7) is 0.734. The summed E-state index contributed by atoms with van der Waals surface area (Å²) < 4.78 is 6.28. The lowest BCUT2D eigenvalue weighted by Crippen LogP contribution is -2.52. The maximum absolute atomic E-state index is 12.9. The minimum absolute atomic E-state index is 0.133. The van der Waals surface area contributed by atoms with Crippen LogP contribution in [0.2, 0.25) is 0 Å². The minimum Gasteiger partial charge on any atom is -0.483 e. The molecule has 36 heavy (non-hydrogen) atoms. The largest absolute Gasteiger partial charge is 0.483 e. The smallest absolute Gasteiger partial charge is 0.290 e. The fourth-order valence-corrected chi connectivity index (χ4v) is 5.12. The molecule has 190 valence electrons. The van der Waals surface area contributed by atoms with Gasteiger partial charge in [-0.05, 0) is 48.6 Å². The van der Waals surface area contributed by atoms with E-state index in [0.29, 0.717) is 25.1 Å². The molecule has 2 aliphatic heterocycles. The van der Waals surface area contributed by atoms with Crippen LogP contribution in [0.1, 0.15) is 60.0 Å². The lowest BCUT2D eigenvalue weighted by atomic mass is 9.92. The van der Waals surface area contributed by atoms with Crippen molar-refractivity contribution in [3.05, 3.63) is 65.2 Å². The summed E-state index contributed by atoms with van der Waals surface area (Å²) in [5, 5.41) is 12.9. The lowest BCUT2D eigenvalue weighted by molar-refractivity contribution is -0.137. The molecule has 2 unspecified atom stereocenters. The van der Waals surface area contributed by atoms with Crippen LogP contribution in [0.25, 0.3) is 0 Å². The van der Waals surface area contributed by atoms with Gasteiger partial charge in [0.25, 0.3) is 12.4 Å². The Labute approximate surface area is 209 Å². The highest BCUT2D eigenvalue weighted by atomic mass is 16.5. The van der Waals surface area contributed by atoms with Crippen molar-refractivity contribution in [2.45, 2.75) is 69.9 Å². The predicted octanol–water partition coefficient (Wildman–Crippen LogP) is 3.09. The molecule has 0 spiro atoms. The molecule has 0 radical (unpaired) electrons. The van der Waals surface area contributed by atoms with E-state index < -0.39 is 6.04 Å². The second kappa shape index (κ2) is 11.8. The number of ether oxygens (including phenoxy) is 1. The van der Waals surface area contributed by atoms with E-state index in [2.05, 4.69) is 22.8 Å². The third-order valence-electron chi connectivity index (χ3n) is 6.89. The molecule has 5 rings (SSSR count). The number of fused-ring (bicyclic) bond motifs is 1. The second-order valence-corrected chi connectivity index (χ2v) is 9.25. The number of benzene rings is 2. The first kappa shape index (κ1) is 25.4. The lowest BCUT2D eigenvalue weighted by Gasteiger charge is -2.33. The van der Waals surface area contributed by atoms with Gasteiger partial charge in [0.2, 0.25) is 11.8 Å². The Morgan fingerprint density at radius 2 is 1.81 bits per heavy atom. The van der Waals surface area contributed by atoms with Crippen LogP contribution in [0, 0.1) is 0 Å². The molecule has 3 atom stereocenters. The second-order valence-electron chi connectivity index (χ2n) is 9.25. The van der Waals surface area contributed by atoms with Gasteiger partial charge >= 0.3 is 0 Å². The van der Waals surface area contributed by atoms with Crippen molar-refractivity contribution in [3.63, 3.8) is 0 Å². The van der Waals surface area contributed by atoms with Gasteiger partial charge < -0.3 is 20.1 Å². The summed E-state index contributed by atoms with van der Waals surface area (Å²) in [6, 6.07) is 15.6. The van der Waals surface area contributed by atoms with Crippen LogP contribution in [0.15, 0.2) is 48.5 Å². The van der Waals surface area contributed by atoms with E-state index in [1.54, 1.807) is 4.90 Å². The number of carbonyl (C=O) groups is 4. The van der Waals surface area contributed by atoms with Crippen molar-refractivity contribution < 1.29 is 29.0 Å². The highest BCUT2D eigenvalue weighted by molar-refractivity contribution is 6.05. The van der Waals surface area contributed by atoms with Gasteiger partial charge in [-0.3, -0.25) is 24.5 Å². The van der Waals surface area contributed by atoms with Crippen molar-refractivity contribution in [2.24, 2.45) is 0 Å². The zero-order valence-electron chi connectivity index (χ0n) is 20.0. The first-order valence-electron chi connectivity index (χ1n) is 12.3. The number of piperidine rings is 1. The van der Waals surface area contributed by atoms with Crippen molar-refractivity contribution in [2.75, 3.05) is 5.32 Å². The fourth-order valence-electron chi connectivity index (χ4n) is 5.12. The molecule has 3 N–H and O–H groups in total. The van der Waals surface area contributed by atoms with E-state index in [0.717, 1.165) is 36.9 Å². The minimum atomic E-state index is -0.590. The molecule has 9 heteroatoms. The molecule has 0 aromatic heterocycles. The summed E-state index contributed by atoms with van der Waals surface area (Å²) >= 11 is 0. The number of amides is 3. The van der Waals surface area contributed by atoms with Crippen LogP contribution in [-0.2, 0) is 32.3 Å². The molecule has 9 nitrogen and oxygen atoms in total. The summed E-state index contributed by atoms with van der Waals surface area (Å²) in [5.74, 6) is -0.803. The van der Waals surface area contributed by atoms with Gasteiger partial charge in [0.15, 0.2) is 0 Å². The molecule has 1 saturated heterocycles. The molecule has 2 aromatic carbocycles. The van der Waals surface area contributed by atoms with Gasteiger partial charge in [-0.25, -0.2) is 0 Å². The Morgan fingerprint density at radius 1 is 1.06 bits per heavy atom. The normalized spacial score (nSPS) is 23.3. The molecule has 0 bridgehead atoms. The number of imide groups is 1. The highest BCUT2D eigenvalue weighted by Crippen LogP contribution is 2.31. The summed E-state index contributed by atoms with van der Waals surface area (Å²) in [4.78, 5) is 46.6. The van der Waals surface area contributed by atoms with Crippen LogP contribution < -0.4 is 10.6 Å².